The Kier molecular flexibility index (Phi) is 4.82. The van der Waals surface area contributed by atoms with Crippen LogP contribution in [0.2, 0.25) is 0 Å². The smallest absolute Gasteiger partial charge is 0.360 e. The predicted octanol–water partition coefficient (Wildman–Crippen LogP) is 3.23. The molecule has 1 N–H and O–H groups in total. The number of oxazole rings is 1. The Morgan fingerprint density at radius 1 is 1.53 bits per heavy atom. The summed E-state index contributed by atoms with van der Waals surface area (Å²) >= 11 is 0. The first-order chi connectivity index (χ1) is 9.20. The fourth-order valence-electron chi connectivity index (χ4n) is 2.59. The van der Waals surface area contributed by atoms with E-state index in [4.69, 9.17) is 9.15 Å². The third kappa shape index (κ3) is 3.72. The van der Waals surface area contributed by atoms with Gasteiger partial charge in [0.1, 0.15) is 6.26 Å². The van der Waals surface area contributed by atoms with Crippen molar-refractivity contribution in [2.75, 3.05) is 11.9 Å². The van der Waals surface area contributed by atoms with Gasteiger partial charge in [0.05, 0.1) is 6.61 Å². The molecule has 5 nitrogen and oxygen atoms in total. The van der Waals surface area contributed by atoms with Crippen LogP contribution in [0.4, 0.5) is 6.01 Å². The van der Waals surface area contributed by atoms with Crippen molar-refractivity contribution in [2.45, 2.75) is 52.0 Å². The zero-order chi connectivity index (χ0) is 13.7. The highest BCUT2D eigenvalue weighted by molar-refractivity contribution is 5.87. The second kappa shape index (κ2) is 6.59. The minimum Gasteiger partial charge on any atom is -0.461 e. The van der Waals surface area contributed by atoms with Crippen molar-refractivity contribution in [3.05, 3.63) is 12.0 Å². The van der Waals surface area contributed by atoms with E-state index in [2.05, 4.69) is 17.2 Å². The van der Waals surface area contributed by atoms with Crippen molar-refractivity contribution in [3.63, 3.8) is 0 Å². The molecule has 0 radical (unpaired) electrons. The molecule has 1 fully saturated rings. The first kappa shape index (κ1) is 13.9. The number of nitrogens with one attached hydrogen (secondary N) is 1. The minimum atomic E-state index is -0.440. The van der Waals surface area contributed by atoms with Crippen molar-refractivity contribution < 1.29 is 13.9 Å². The van der Waals surface area contributed by atoms with E-state index in [-0.39, 0.29) is 5.69 Å². The molecule has 1 aromatic rings. The van der Waals surface area contributed by atoms with Gasteiger partial charge in [-0.1, -0.05) is 19.3 Å². The van der Waals surface area contributed by atoms with Crippen molar-refractivity contribution in [1.82, 2.24) is 4.98 Å². The summed E-state index contributed by atoms with van der Waals surface area (Å²) in [5.41, 5.74) is 0.222. The standard InChI is InChI=1S/C14H22N2O3/c1-3-18-13(17)12-9-19-14(16-12)15-10(2)11-7-5-4-6-8-11/h9-11H,3-8H2,1-2H3,(H,15,16). The van der Waals surface area contributed by atoms with Crippen LogP contribution in [-0.2, 0) is 4.74 Å². The summed E-state index contributed by atoms with van der Waals surface area (Å²) in [5.74, 6) is 0.219. The van der Waals surface area contributed by atoms with E-state index in [0.717, 1.165) is 0 Å². The Morgan fingerprint density at radius 2 is 2.26 bits per heavy atom. The summed E-state index contributed by atoms with van der Waals surface area (Å²) in [5, 5.41) is 3.24. The number of carbonyl (C=O) groups excluding carboxylic acids is 1. The van der Waals surface area contributed by atoms with Gasteiger partial charge in [-0.15, -0.1) is 0 Å². The third-order valence-corrected chi connectivity index (χ3v) is 3.70. The molecule has 1 atom stereocenters. The van der Waals surface area contributed by atoms with Gasteiger partial charge < -0.3 is 14.5 Å². The Morgan fingerprint density at radius 3 is 2.95 bits per heavy atom. The molecule has 1 aromatic heterocycles. The molecular weight excluding hydrogens is 244 g/mol. The van der Waals surface area contributed by atoms with Crippen LogP contribution >= 0.6 is 0 Å². The van der Waals surface area contributed by atoms with Crippen LogP contribution in [0.15, 0.2) is 10.7 Å². The van der Waals surface area contributed by atoms with E-state index in [1.54, 1.807) is 6.92 Å². The number of anilines is 1. The van der Waals surface area contributed by atoms with E-state index >= 15 is 0 Å². The number of ether oxygens (including phenoxy) is 1. The molecule has 0 saturated heterocycles. The van der Waals surface area contributed by atoms with Crippen LogP contribution in [0, 0.1) is 5.92 Å². The number of hydrogen-bond donors (Lipinski definition) is 1. The molecule has 106 valence electrons. The SMILES string of the molecule is CCOC(=O)c1coc(NC(C)C2CCCCC2)n1. The lowest BCUT2D eigenvalue weighted by atomic mass is 9.85. The van der Waals surface area contributed by atoms with E-state index < -0.39 is 5.97 Å². The van der Waals surface area contributed by atoms with Crippen molar-refractivity contribution >= 4 is 12.0 Å². The van der Waals surface area contributed by atoms with Crippen LogP contribution in [0.5, 0.6) is 0 Å². The molecule has 0 aromatic carbocycles. The summed E-state index contributed by atoms with van der Waals surface area (Å²) in [6, 6.07) is 0.718. The van der Waals surface area contributed by atoms with Gasteiger partial charge in [0.2, 0.25) is 0 Å². The normalized spacial score (nSPS) is 18.0. The molecular formula is C14H22N2O3. The molecule has 1 aliphatic rings. The summed E-state index contributed by atoms with van der Waals surface area (Å²) in [4.78, 5) is 15.6. The fraction of sp³-hybridized carbons (Fsp3) is 0.714. The van der Waals surface area contributed by atoms with E-state index in [1.807, 2.05) is 0 Å². The van der Waals surface area contributed by atoms with Crippen LogP contribution in [0.1, 0.15) is 56.4 Å². The molecule has 2 rings (SSSR count). The van der Waals surface area contributed by atoms with Crippen LogP contribution < -0.4 is 5.32 Å². The van der Waals surface area contributed by atoms with E-state index in [0.29, 0.717) is 24.6 Å². The van der Waals surface area contributed by atoms with Crippen molar-refractivity contribution in [1.29, 1.82) is 0 Å². The summed E-state index contributed by atoms with van der Waals surface area (Å²) in [7, 11) is 0. The lowest BCUT2D eigenvalue weighted by Crippen LogP contribution is -2.27. The summed E-state index contributed by atoms with van der Waals surface area (Å²) < 4.78 is 10.1. The average Bonchev–Trinajstić information content (AvgIpc) is 2.88. The number of nitrogens with zero attached hydrogens (tertiary/aromatic N) is 1. The highest BCUT2D eigenvalue weighted by atomic mass is 16.5. The van der Waals surface area contributed by atoms with Gasteiger partial charge in [-0.2, -0.15) is 4.98 Å². The maximum Gasteiger partial charge on any atom is 0.360 e. The minimum absolute atomic E-state index is 0.222. The maximum atomic E-state index is 11.5. The largest absolute Gasteiger partial charge is 0.461 e. The van der Waals surface area contributed by atoms with Gasteiger partial charge in [0, 0.05) is 6.04 Å². The zero-order valence-corrected chi connectivity index (χ0v) is 11.6. The Balaban J connectivity index is 1.90. The average molecular weight is 266 g/mol. The number of rotatable bonds is 5. The van der Waals surface area contributed by atoms with E-state index in [9.17, 15) is 4.79 Å². The maximum absolute atomic E-state index is 11.5. The van der Waals surface area contributed by atoms with Gasteiger partial charge in [-0.25, -0.2) is 4.79 Å². The quantitative estimate of drug-likeness (QED) is 0.829. The number of aromatic nitrogens is 1. The molecule has 1 aliphatic carbocycles. The van der Waals surface area contributed by atoms with Crippen LogP contribution in [0.3, 0.4) is 0 Å². The predicted molar refractivity (Wildman–Crippen MR) is 72.1 cm³/mol. The van der Waals surface area contributed by atoms with Gasteiger partial charge in [0.25, 0.3) is 6.01 Å². The van der Waals surface area contributed by atoms with Crippen molar-refractivity contribution in [2.24, 2.45) is 5.92 Å². The van der Waals surface area contributed by atoms with Crippen LogP contribution in [-0.4, -0.2) is 23.6 Å². The topological polar surface area (TPSA) is 64.4 Å². The first-order valence-corrected chi connectivity index (χ1v) is 7.10. The van der Waals surface area contributed by atoms with Gasteiger partial charge >= 0.3 is 5.97 Å². The first-order valence-electron chi connectivity index (χ1n) is 7.10. The second-order valence-electron chi connectivity index (χ2n) is 5.09. The molecule has 5 heteroatoms. The zero-order valence-electron chi connectivity index (χ0n) is 11.6. The fourth-order valence-corrected chi connectivity index (χ4v) is 2.59. The van der Waals surface area contributed by atoms with Gasteiger partial charge in [-0.05, 0) is 32.6 Å². The van der Waals surface area contributed by atoms with Crippen molar-refractivity contribution in [3.8, 4) is 0 Å². The molecule has 1 heterocycles. The van der Waals surface area contributed by atoms with Crippen LogP contribution in [0.25, 0.3) is 0 Å². The third-order valence-electron chi connectivity index (χ3n) is 3.70. The summed E-state index contributed by atoms with van der Waals surface area (Å²) in [6.07, 6.45) is 7.79. The van der Waals surface area contributed by atoms with Gasteiger partial charge in [0.15, 0.2) is 5.69 Å². The highest BCUT2D eigenvalue weighted by Crippen LogP contribution is 2.27. The molecule has 0 aliphatic heterocycles. The number of esters is 1. The molecule has 19 heavy (non-hydrogen) atoms. The number of carbonyl (C=O) groups is 1. The molecule has 1 unspecified atom stereocenters. The highest BCUT2D eigenvalue weighted by Gasteiger charge is 2.22. The molecule has 0 bridgehead atoms. The molecule has 0 spiro atoms. The monoisotopic (exact) mass is 266 g/mol. The van der Waals surface area contributed by atoms with Gasteiger partial charge in [-0.3, -0.25) is 0 Å². The Bertz CT molecular complexity index is 411. The molecule has 0 amide bonds. The second-order valence-corrected chi connectivity index (χ2v) is 5.09. The number of hydrogen-bond acceptors (Lipinski definition) is 5. The lowest BCUT2D eigenvalue weighted by Gasteiger charge is -2.27. The lowest BCUT2D eigenvalue weighted by molar-refractivity contribution is 0.0519. The molecule has 1 saturated carbocycles. The Labute approximate surface area is 113 Å². The Hall–Kier alpha value is -1.52. The summed E-state index contributed by atoms with van der Waals surface area (Å²) in [6.45, 7) is 4.25. The van der Waals surface area contributed by atoms with E-state index in [1.165, 1.54) is 38.4 Å².